The predicted molar refractivity (Wildman–Crippen MR) is 99.9 cm³/mol. The predicted octanol–water partition coefficient (Wildman–Crippen LogP) is 4.20. The summed E-state index contributed by atoms with van der Waals surface area (Å²) in [4.78, 5) is 24.1. The molecule has 0 amide bonds. The highest BCUT2D eigenvalue weighted by molar-refractivity contribution is 14.1. The van der Waals surface area contributed by atoms with Crippen LogP contribution in [-0.2, 0) is 20.9 Å². The molecule has 1 saturated heterocycles. The highest BCUT2D eigenvalue weighted by Crippen LogP contribution is 2.60. The number of ether oxygens (including phenoxy) is 1. The van der Waals surface area contributed by atoms with Crippen LogP contribution in [0.4, 0.5) is 0 Å². The van der Waals surface area contributed by atoms with E-state index < -0.39 is 0 Å². The number of rotatable bonds is 4. The summed E-state index contributed by atoms with van der Waals surface area (Å²) in [6, 6.07) is 7.94. The average Bonchev–Trinajstić information content (AvgIpc) is 2.81. The molecule has 1 aliphatic heterocycles. The number of hydrogen-bond acceptors (Lipinski definition) is 4. The third-order valence-corrected chi connectivity index (χ3v) is 6.29. The Kier molecular flexibility index (Phi) is 4.88. The zero-order valence-electron chi connectivity index (χ0n) is 13.2. The van der Waals surface area contributed by atoms with Crippen LogP contribution >= 0.6 is 34.4 Å². The van der Waals surface area contributed by atoms with Gasteiger partial charge in [0.15, 0.2) is 0 Å². The summed E-state index contributed by atoms with van der Waals surface area (Å²) in [6.45, 7) is 4.44. The molecule has 1 heterocycles. The second-order valence-corrected chi connectivity index (χ2v) is 8.95. The Bertz CT molecular complexity index is 681. The van der Waals surface area contributed by atoms with Crippen molar-refractivity contribution < 1.29 is 14.3 Å². The molecule has 1 saturated carbocycles. The average molecular weight is 442 g/mol. The van der Waals surface area contributed by atoms with Gasteiger partial charge in [0, 0.05) is 14.9 Å². The second-order valence-electron chi connectivity index (χ2n) is 6.64. The normalized spacial score (nSPS) is 27.3. The lowest BCUT2D eigenvalue weighted by atomic mass is 10.1. The minimum atomic E-state index is -0.159. The summed E-state index contributed by atoms with van der Waals surface area (Å²) < 4.78 is 6.63. The number of esters is 1. The van der Waals surface area contributed by atoms with Gasteiger partial charge in [0.05, 0.1) is 5.92 Å². The molecule has 0 N–H and O–H groups in total. The van der Waals surface area contributed by atoms with Gasteiger partial charge in [0.1, 0.15) is 6.61 Å². The number of carbonyl (C=O) groups excluding carboxylic acids is 2. The summed E-state index contributed by atoms with van der Waals surface area (Å²) in [6.07, 6.45) is 2.83. The van der Waals surface area contributed by atoms with Crippen molar-refractivity contribution in [2.45, 2.75) is 26.9 Å². The van der Waals surface area contributed by atoms with E-state index in [4.69, 9.17) is 4.74 Å². The Morgan fingerprint density at radius 2 is 2.26 bits per heavy atom. The third-order valence-electron chi connectivity index (χ3n) is 4.68. The molecule has 3 nitrogen and oxygen atoms in total. The van der Waals surface area contributed by atoms with Gasteiger partial charge >= 0.3 is 5.97 Å². The van der Waals surface area contributed by atoms with E-state index in [1.807, 2.05) is 30.3 Å². The van der Waals surface area contributed by atoms with Crippen LogP contribution in [0.25, 0.3) is 0 Å². The van der Waals surface area contributed by atoms with Gasteiger partial charge in [-0.05, 0) is 58.0 Å². The third kappa shape index (κ3) is 3.65. The van der Waals surface area contributed by atoms with E-state index in [0.717, 1.165) is 26.9 Å². The van der Waals surface area contributed by atoms with E-state index in [-0.39, 0.29) is 28.3 Å². The van der Waals surface area contributed by atoms with Crippen LogP contribution in [0.1, 0.15) is 25.8 Å². The summed E-state index contributed by atoms with van der Waals surface area (Å²) in [7, 11) is 0. The van der Waals surface area contributed by atoms with Gasteiger partial charge in [-0.1, -0.05) is 43.8 Å². The lowest BCUT2D eigenvalue weighted by Gasteiger charge is -2.06. The molecule has 2 fully saturated rings. The maximum atomic E-state index is 12.4. The maximum absolute atomic E-state index is 12.4. The van der Waals surface area contributed by atoms with Gasteiger partial charge in [-0.2, -0.15) is 0 Å². The molecule has 0 aromatic heterocycles. The lowest BCUT2D eigenvalue weighted by Crippen LogP contribution is -2.10. The highest BCUT2D eigenvalue weighted by Gasteiger charge is 2.61. The topological polar surface area (TPSA) is 43.4 Å². The number of hydrogen-bond donors (Lipinski definition) is 0. The summed E-state index contributed by atoms with van der Waals surface area (Å²) in [5.74, 6) is 0.674. The van der Waals surface area contributed by atoms with Crippen LogP contribution < -0.4 is 0 Å². The molecule has 1 aromatic rings. The molecule has 0 radical (unpaired) electrons. The zero-order chi connectivity index (χ0) is 16.6. The van der Waals surface area contributed by atoms with E-state index in [0.29, 0.717) is 6.61 Å². The maximum Gasteiger partial charge on any atom is 0.310 e. The van der Waals surface area contributed by atoms with E-state index in [1.54, 1.807) is 0 Å². The fourth-order valence-corrected chi connectivity index (χ4v) is 4.60. The highest BCUT2D eigenvalue weighted by atomic mass is 127. The smallest absolute Gasteiger partial charge is 0.310 e. The van der Waals surface area contributed by atoms with Crippen molar-refractivity contribution in [1.82, 2.24) is 0 Å². The summed E-state index contributed by atoms with van der Waals surface area (Å²) in [5.41, 5.74) is 1.75. The number of allylic oxidation sites excluding steroid dienone is 1. The molecular weight excluding hydrogens is 423 g/mol. The van der Waals surface area contributed by atoms with Crippen LogP contribution in [0.15, 0.2) is 35.9 Å². The Morgan fingerprint density at radius 1 is 1.48 bits per heavy atom. The van der Waals surface area contributed by atoms with Gasteiger partial charge in [0.2, 0.25) is 5.12 Å². The van der Waals surface area contributed by atoms with Gasteiger partial charge in [-0.15, -0.1) is 0 Å². The molecule has 0 spiro atoms. The molecular formula is C18H19IO3S. The molecule has 23 heavy (non-hydrogen) atoms. The van der Waals surface area contributed by atoms with Crippen molar-refractivity contribution in [2.24, 2.45) is 17.3 Å². The molecule has 5 heteroatoms. The van der Waals surface area contributed by atoms with Crippen LogP contribution in [0.3, 0.4) is 0 Å². The summed E-state index contributed by atoms with van der Waals surface area (Å²) in [5, 5.41) is 0.165. The minimum absolute atomic E-state index is 0.114. The minimum Gasteiger partial charge on any atom is -0.461 e. The Morgan fingerprint density at radius 3 is 2.91 bits per heavy atom. The quantitative estimate of drug-likeness (QED) is 0.399. The van der Waals surface area contributed by atoms with Crippen molar-refractivity contribution in [2.75, 3.05) is 5.75 Å². The van der Waals surface area contributed by atoms with Crippen LogP contribution in [0.5, 0.6) is 0 Å². The van der Waals surface area contributed by atoms with E-state index >= 15 is 0 Å². The number of carbonyl (C=O) groups is 2. The first-order valence-corrected chi connectivity index (χ1v) is 9.75. The number of benzene rings is 1. The van der Waals surface area contributed by atoms with Crippen molar-refractivity contribution in [3.05, 3.63) is 45.0 Å². The molecule has 122 valence electrons. The largest absolute Gasteiger partial charge is 0.461 e. The molecule has 2 unspecified atom stereocenters. The molecule has 2 atom stereocenters. The van der Waals surface area contributed by atoms with Crippen LogP contribution in [-0.4, -0.2) is 16.8 Å². The first-order chi connectivity index (χ1) is 10.9. The van der Waals surface area contributed by atoms with Gasteiger partial charge in [0.25, 0.3) is 0 Å². The van der Waals surface area contributed by atoms with E-state index in [2.05, 4.69) is 36.4 Å². The monoisotopic (exact) mass is 442 g/mol. The van der Waals surface area contributed by atoms with Crippen molar-refractivity contribution in [3.63, 3.8) is 0 Å². The zero-order valence-corrected chi connectivity index (χ0v) is 16.1. The lowest BCUT2D eigenvalue weighted by molar-refractivity contribution is -0.147. The molecule has 2 aliphatic rings. The number of halogens is 1. The summed E-state index contributed by atoms with van der Waals surface area (Å²) >= 11 is 3.61. The van der Waals surface area contributed by atoms with E-state index in [9.17, 15) is 9.59 Å². The fourth-order valence-electron chi connectivity index (χ4n) is 3.13. The van der Waals surface area contributed by atoms with Crippen LogP contribution in [0.2, 0.25) is 0 Å². The second kappa shape index (κ2) is 6.59. The van der Waals surface area contributed by atoms with Crippen molar-refractivity contribution >= 4 is 45.4 Å². The Labute approximate surface area is 154 Å². The Hall–Kier alpha value is -0.820. The SMILES string of the molecule is CC1(C)C(/C=C2\CCSC2=O)C1C(=O)OCc1cccc(I)c1. The Balaban J connectivity index is 1.62. The van der Waals surface area contributed by atoms with Crippen molar-refractivity contribution in [3.8, 4) is 0 Å². The number of thioether (sulfide) groups is 1. The fraction of sp³-hybridized carbons (Fsp3) is 0.444. The molecule has 1 aromatic carbocycles. The van der Waals surface area contributed by atoms with E-state index in [1.165, 1.54) is 11.8 Å². The standard InChI is InChI=1S/C18H19IO3S/c1-18(2)14(9-12-6-7-23-17(12)21)15(18)16(20)22-10-11-4-3-5-13(19)8-11/h3-5,8-9,14-15H,6-7,10H2,1-2H3/b12-9+. The van der Waals surface area contributed by atoms with Gasteiger partial charge in [-0.3, -0.25) is 9.59 Å². The molecule has 1 aliphatic carbocycles. The van der Waals surface area contributed by atoms with Gasteiger partial charge < -0.3 is 4.74 Å². The first kappa shape index (κ1) is 17.0. The molecule has 0 bridgehead atoms. The van der Waals surface area contributed by atoms with Gasteiger partial charge in [-0.25, -0.2) is 0 Å². The first-order valence-electron chi connectivity index (χ1n) is 7.68. The van der Waals surface area contributed by atoms with Crippen molar-refractivity contribution in [1.29, 1.82) is 0 Å². The molecule has 3 rings (SSSR count). The van der Waals surface area contributed by atoms with Crippen LogP contribution in [0, 0.1) is 20.8 Å².